The monoisotopic (exact) mass is 299 g/mol. The first kappa shape index (κ1) is 13.3. The van der Waals surface area contributed by atoms with E-state index >= 15 is 0 Å². The van der Waals surface area contributed by atoms with E-state index in [9.17, 15) is 0 Å². The molecule has 0 aromatic carbocycles. The summed E-state index contributed by atoms with van der Waals surface area (Å²) in [5, 5.41) is 8.28. The van der Waals surface area contributed by atoms with E-state index in [1.807, 2.05) is 24.0 Å². The quantitative estimate of drug-likeness (QED) is 0.736. The summed E-state index contributed by atoms with van der Waals surface area (Å²) in [6, 6.07) is 2.20. The van der Waals surface area contributed by atoms with Crippen LogP contribution in [0.5, 0.6) is 0 Å². The summed E-state index contributed by atoms with van der Waals surface area (Å²) in [6.45, 7) is 1.69. The first-order valence-corrected chi connectivity index (χ1v) is 7.37. The van der Waals surface area contributed by atoms with E-state index in [2.05, 4.69) is 26.3 Å². The zero-order valence-electron chi connectivity index (χ0n) is 12.3. The molecule has 114 valence electrons. The van der Waals surface area contributed by atoms with Crippen molar-refractivity contribution >= 4 is 0 Å². The molecular formula is C15H17N5O2. The second-order valence-corrected chi connectivity index (χ2v) is 5.60. The van der Waals surface area contributed by atoms with Crippen molar-refractivity contribution in [1.82, 2.24) is 24.8 Å². The highest BCUT2D eigenvalue weighted by Gasteiger charge is 2.28. The predicted octanol–water partition coefficient (Wildman–Crippen LogP) is 2.40. The molecule has 0 aliphatic carbocycles. The molecule has 4 rings (SSSR count). The Morgan fingerprint density at radius 2 is 2.36 bits per heavy atom. The molecule has 0 radical (unpaired) electrons. The molecule has 0 amide bonds. The molecule has 0 N–H and O–H groups in total. The number of aryl methyl sites for hydroxylation is 1. The largest absolute Gasteiger partial charge is 0.472 e. The standard InChI is InChI=1S/C15H17N5O2/c1-19-8-12(7-16-19)13-3-2-5-20(13)9-14-17-15(18-22-14)11-4-6-21-10-11/h4,6-8,10,13H,2-3,5,9H2,1H3/t13-/m1/s1. The van der Waals surface area contributed by atoms with Gasteiger partial charge in [0.1, 0.15) is 6.26 Å². The van der Waals surface area contributed by atoms with Crippen molar-refractivity contribution in [1.29, 1.82) is 0 Å². The van der Waals surface area contributed by atoms with Crippen molar-refractivity contribution in [3.05, 3.63) is 42.4 Å². The van der Waals surface area contributed by atoms with Crippen molar-refractivity contribution in [3.63, 3.8) is 0 Å². The lowest BCUT2D eigenvalue weighted by atomic mass is 10.1. The van der Waals surface area contributed by atoms with E-state index < -0.39 is 0 Å². The molecule has 0 saturated carbocycles. The van der Waals surface area contributed by atoms with Gasteiger partial charge in [-0.1, -0.05) is 5.16 Å². The number of rotatable bonds is 4. The van der Waals surface area contributed by atoms with Crippen LogP contribution in [-0.4, -0.2) is 31.4 Å². The minimum Gasteiger partial charge on any atom is -0.472 e. The van der Waals surface area contributed by atoms with E-state index in [0.29, 0.717) is 24.3 Å². The number of furan rings is 1. The molecule has 7 nitrogen and oxygen atoms in total. The van der Waals surface area contributed by atoms with Gasteiger partial charge < -0.3 is 8.94 Å². The van der Waals surface area contributed by atoms with E-state index in [-0.39, 0.29) is 0 Å². The number of hydrogen-bond donors (Lipinski definition) is 0. The minimum absolute atomic E-state index is 0.373. The molecule has 7 heteroatoms. The molecular weight excluding hydrogens is 282 g/mol. The van der Waals surface area contributed by atoms with Gasteiger partial charge in [-0.15, -0.1) is 0 Å². The number of aromatic nitrogens is 4. The first-order valence-electron chi connectivity index (χ1n) is 7.37. The highest BCUT2D eigenvalue weighted by atomic mass is 16.5. The van der Waals surface area contributed by atoms with Crippen molar-refractivity contribution in [2.45, 2.75) is 25.4 Å². The molecule has 3 aromatic rings. The van der Waals surface area contributed by atoms with Gasteiger partial charge in [-0.2, -0.15) is 10.1 Å². The van der Waals surface area contributed by atoms with Crippen molar-refractivity contribution in [2.24, 2.45) is 7.05 Å². The summed E-state index contributed by atoms with van der Waals surface area (Å²) in [5.41, 5.74) is 2.08. The van der Waals surface area contributed by atoms with Gasteiger partial charge in [0.2, 0.25) is 11.7 Å². The van der Waals surface area contributed by atoms with E-state index in [1.165, 1.54) is 12.0 Å². The first-order chi connectivity index (χ1) is 10.8. The summed E-state index contributed by atoms with van der Waals surface area (Å²) < 4.78 is 12.3. The summed E-state index contributed by atoms with van der Waals surface area (Å²) >= 11 is 0. The fraction of sp³-hybridized carbons (Fsp3) is 0.400. The van der Waals surface area contributed by atoms with Crippen molar-refractivity contribution < 1.29 is 8.94 Å². The zero-order chi connectivity index (χ0) is 14.9. The van der Waals surface area contributed by atoms with Crippen molar-refractivity contribution in [2.75, 3.05) is 6.54 Å². The van der Waals surface area contributed by atoms with Gasteiger partial charge in [0.05, 0.1) is 24.6 Å². The van der Waals surface area contributed by atoms with Crippen LogP contribution < -0.4 is 0 Å². The summed E-state index contributed by atoms with van der Waals surface area (Å²) in [7, 11) is 1.94. The Bertz CT molecular complexity index is 746. The third-order valence-corrected chi connectivity index (χ3v) is 4.06. The van der Waals surface area contributed by atoms with Gasteiger partial charge in [0, 0.05) is 24.8 Å². The van der Waals surface area contributed by atoms with Gasteiger partial charge in [-0.3, -0.25) is 9.58 Å². The molecule has 0 unspecified atom stereocenters. The lowest BCUT2D eigenvalue weighted by molar-refractivity contribution is 0.212. The highest BCUT2D eigenvalue weighted by molar-refractivity contribution is 5.51. The Morgan fingerprint density at radius 1 is 1.41 bits per heavy atom. The lowest BCUT2D eigenvalue weighted by Crippen LogP contribution is -2.22. The predicted molar refractivity (Wildman–Crippen MR) is 77.6 cm³/mol. The third kappa shape index (κ3) is 2.43. The normalized spacial score (nSPS) is 19.0. The van der Waals surface area contributed by atoms with E-state index in [0.717, 1.165) is 18.5 Å². The third-order valence-electron chi connectivity index (χ3n) is 4.06. The van der Waals surface area contributed by atoms with Crippen LogP contribution in [0.2, 0.25) is 0 Å². The average Bonchev–Trinajstić information content (AvgIpc) is 3.26. The maximum atomic E-state index is 5.37. The second-order valence-electron chi connectivity index (χ2n) is 5.60. The fourth-order valence-corrected chi connectivity index (χ4v) is 3.01. The second kappa shape index (κ2) is 5.42. The van der Waals surface area contributed by atoms with E-state index in [4.69, 9.17) is 8.94 Å². The van der Waals surface area contributed by atoms with Crippen LogP contribution in [0.4, 0.5) is 0 Å². The van der Waals surface area contributed by atoms with Crippen LogP contribution in [0.25, 0.3) is 11.4 Å². The van der Waals surface area contributed by atoms with E-state index in [1.54, 1.807) is 12.5 Å². The Morgan fingerprint density at radius 3 is 3.14 bits per heavy atom. The number of likely N-dealkylation sites (tertiary alicyclic amines) is 1. The van der Waals surface area contributed by atoms with Gasteiger partial charge in [0.25, 0.3) is 0 Å². The Hall–Kier alpha value is -2.41. The number of nitrogens with zero attached hydrogens (tertiary/aromatic N) is 5. The smallest absolute Gasteiger partial charge is 0.241 e. The van der Waals surface area contributed by atoms with Crippen molar-refractivity contribution in [3.8, 4) is 11.4 Å². The molecule has 22 heavy (non-hydrogen) atoms. The topological polar surface area (TPSA) is 73.1 Å². The molecule has 1 saturated heterocycles. The Kier molecular flexibility index (Phi) is 3.27. The lowest BCUT2D eigenvalue weighted by Gasteiger charge is -2.21. The van der Waals surface area contributed by atoms with Crippen LogP contribution >= 0.6 is 0 Å². The Balaban J connectivity index is 1.50. The Labute approximate surface area is 127 Å². The van der Waals surface area contributed by atoms with Crippen LogP contribution in [-0.2, 0) is 13.6 Å². The van der Waals surface area contributed by atoms with Crippen LogP contribution in [0.3, 0.4) is 0 Å². The van der Waals surface area contributed by atoms with Gasteiger partial charge in [-0.25, -0.2) is 0 Å². The maximum absolute atomic E-state index is 5.37. The number of hydrogen-bond acceptors (Lipinski definition) is 6. The molecule has 0 bridgehead atoms. The van der Waals surface area contributed by atoms with Crippen LogP contribution in [0.1, 0.15) is 30.3 Å². The molecule has 3 aromatic heterocycles. The van der Waals surface area contributed by atoms with Gasteiger partial charge in [-0.05, 0) is 25.5 Å². The zero-order valence-corrected chi connectivity index (χ0v) is 12.3. The molecule has 4 heterocycles. The molecule has 1 aliphatic rings. The summed E-state index contributed by atoms with van der Waals surface area (Å²) in [6.07, 6.45) is 9.53. The molecule has 1 aliphatic heterocycles. The van der Waals surface area contributed by atoms with Crippen LogP contribution in [0.15, 0.2) is 39.9 Å². The maximum Gasteiger partial charge on any atom is 0.241 e. The summed E-state index contributed by atoms with van der Waals surface area (Å²) in [5.74, 6) is 1.20. The average molecular weight is 299 g/mol. The van der Waals surface area contributed by atoms with Gasteiger partial charge in [0.15, 0.2) is 0 Å². The summed E-state index contributed by atoms with van der Waals surface area (Å²) in [4.78, 5) is 6.81. The highest BCUT2D eigenvalue weighted by Crippen LogP contribution is 2.32. The molecule has 1 fully saturated rings. The minimum atomic E-state index is 0.373. The molecule has 1 atom stereocenters. The molecule has 0 spiro atoms. The fourth-order valence-electron chi connectivity index (χ4n) is 3.01. The SMILES string of the molecule is Cn1cc([C@H]2CCCN2Cc2nc(-c3ccoc3)no2)cn1. The van der Waals surface area contributed by atoms with Crippen LogP contribution in [0, 0.1) is 0 Å². The van der Waals surface area contributed by atoms with Gasteiger partial charge >= 0.3 is 0 Å².